The second kappa shape index (κ2) is 9.63. The fraction of sp³-hybridized carbons (Fsp3) is 0. The lowest BCUT2D eigenvalue weighted by Gasteiger charge is -2.21. The monoisotopic (exact) mass is 518 g/mol. The number of fused-ring (bicyclic) bond motifs is 2. The maximum Gasteiger partial charge on any atom is 0.530 e. The van der Waals surface area contributed by atoms with Crippen LogP contribution in [0.15, 0.2) is 71.8 Å². The van der Waals surface area contributed by atoms with Gasteiger partial charge in [-0.3, -0.25) is 9.97 Å². The normalized spacial score (nSPS) is 12.8. The molecule has 2 aliphatic rings. The molecule has 0 unspecified atom stereocenters. The fourth-order valence-electron chi connectivity index (χ4n) is 4.90. The highest BCUT2D eigenvalue weighted by molar-refractivity contribution is 6.20. The third-order valence-corrected chi connectivity index (χ3v) is 6.35. The molecule has 0 aliphatic heterocycles. The Bertz CT molecular complexity index is 1880. The molecule has 0 N–H and O–H groups in total. The van der Waals surface area contributed by atoms with Gasteiger partial charge in [-0.15, -0.1) is 0 Å². The molecular weight excluding hydrogens is 510 g/mol. The highest BCUT2D eigenvalue weighted by Crippen LogP contribution is 2.59. The van der Waals surface area contributed by atoms with Gasteiger partial charge in [0.05, 0.1) is 22.5 Å². The van der Waals surface area contributed by atoms with Crippen LogP contribution in [0.1, 0.15) is 22.3 Å². The molecule has 0 amide bonds. The van der Waals surface area contributed by atoms with E-state index >= 15 is 8.78 Å². The highest BCUT2D eigenvalue weighted by Gasteiger charge is 2.45. The molecule has 0 saturated heterocycles. The van der Waals surface area contributed by atoms with E-state index in [1.165, 1.54) is 24.5 Å². The van der Waals surface area contributed by atoms with Crippen LogP contribution in [0, 0.1) is 58.5 Å². The Labute approximate surface area is 225 Å². The smallest absolute Gasteiger partial charge is 0.256 e. The first kappa shape index (κ1) is 25.0. The molecule has 8 nitrogen and oxygen atoms in total. The molecule has 5 rings (SSSR count). The summed E-state index contributed by atoms with van der Waals surface area (Å²) in [5.41, 5.74) is -3.17. The van der Waals surface area contributed by atoms with Crippen molar-refractivity contribution < 1.29 is 8.78 Å². The average Bonchev–Trinajstić information content (AvgIpc) is 3.44. The number of hydrogen-bond donors (Lipinski definition) is 0. The zero-order chi connectivity index (χ0) is 28.6. The van der Waals surface area contributed by atoms with E-state index in [2.05, 4.69) is 19.7 Å². The van der Waals surface area contributed by atoms with Crippen LogP contribution in [0.4, 0.5) is 8.78 Å². The molecule has 0 radical (unpaired) electrons. The molecule has 0 saturated carbocycles. The van der Waals surface area contributed by atoms with Crippen molar-refractivity contribution in [3.8, 4) is 46.8 Å². The predicted molar refractivity (Wildman–Crippen MR) is 138 cm³/mol. The lowest BCUT2D eigenvalue weighted by Crippen LogP contribution is -2.05. The van der Waals surface area contributed by atoms with Crippen LogP contribution >= 0.6 is 0 Å². The molecule has 1 aromatic carbocycles. The number of allylic oxidation sites excluding steroid dienone is 7. The molecule has 2 aliphatic carbocycles. The van der Waals surface area contributed by atoms with E-state index in [-0.39, 0.29) is 44.8 Å². The maximum absolute atomic E-state index is 16.1. The van der Waals surface area contributed by atoms with E-state index in [0.717, 1.165) is 0 Å². The number of hydrogen-bond acceptors (Lipinski definition) is 6. The number of pyridine rings is 2. The van der Waals surface area contributed by atoms with Crippen molar-refractivity contribution >= 4 is 22.3 Å². The van der Waals surface area contributed by atoms with Gasteiger partial charge < -0.3 is 0 Å². The van der Waals surface area contributed by atoms with Gasteiger partial charge in [0.25, 0.3) is 0 Å². The van der Waals surface area contributed by atoms with Crippen LogP contribution in [-0.4, -0.2) is 9.97 Å². The van der Waals surface area contributed by atoms with Crippen molar-refractivity contribution in [1.82, 2.24) is 9.97 Å². The summed E-state index contributed by atoms with van der Waals surface area (Å²) in [4.78, 5) is 15.0. The minimum atomic E-state index is -1.17. The number of halogens is 2. The van der Waals surface area contributed by atoms with Crippen LogP contribution in [0.3, 0.4) is 0 Å². The van der Waals surface area contributed by atoms with Crippen molar-refractivity contribution in [3.63, 3.8) is 0 Å². The van der Waals surface area contributed by atoms with Gasteiger partial charge >= 0.3 is 5.82 Å². The van der Waals surface area contributed by atoms with Crippen LogP contribution in [0.2, 0.25) is 0 Å². The number of rotatable bonds is 2. The summed E-state index contributed by atoms with van der Waals surface area (Å²) >= 11 is 0. The summed E-state index contributed by atoms with van der Waals surface area (Å²) < 4.78 is 32.2. The largest absolute Gasteiger partial charge is 0.530 e. The fourth-order valence-corrected chi connectivity index (χ4v) is 4.90. The Kier molecular flexibility index (Phi) is 6.00. The molecule has 0 bridgehead atoms. The number of benzene rings is 1. The Morgan fingerprint density at radius 2 is 1.10 bits per heavy atom. The van der Waals surface area contributed by atoms with Crippen molar-refractivity contribution in [3.05, 3.63) is 117 Å². The molecule has 2 aromatic heterocycles. The number of nitrogens with zero attached hydrogens (tertiary/aromatic N) is 8. The van der Waals surface area contributed by atoms with Crippen LogP contribution < -0.4 is 0 Å². The van der Waals surface area contributed by atoms with E-state index in [1.807, 2.05) is 0 Å². The lowest BCUT2D eigenvalue weighted by molar-refractivity contribution is 0.681. The van der Waals surface area contributed by atoms with E-state index in [9.17, 15) is 21.0 Å². The molecule has 182 valence electrons. The molecule has 3 aromatic rings. The summed E-state index contributed by atoms with van der Waals surface area (Å²) in [5, 5.41) is 39.7. The maximum atomic E-state index is 16.1. The van der Waals surface area contributed by atoms with E-state index < -0.39 is 45.3 Å². The summed E-state index contributed by atoms with van der Waals surface area (Å²) in [6, 6.07) is 16.2. The molecular formula is C30H8F2N8. The average molecular weight is 518 g/mol. The molecule has 40 heavy (non-hydrogen) atoms. The summed E-state index contributed by atoms with van der Waals surface area (Å²) in [6.07, 6.45) is 2.79. The first-order valence-corrected chi connectivity index (χ1v) is 11.2. The van der Waals surface area contributed by atoms with Gasteiger partial charge in [-0.05, 0) is 24.3 Å². The highest BCUT2D eigenvalue weighted by atomic mass is 19.1. The molecule has 0 spiro atoms. The quantitative estimate of drug-likeness (QED) is 0.279. The third kappa shape index (κ3) is 3.30. The second-order valence-corrected chi connectivity index (χ2v) is 8.18. The first-order chi connectivity index (χ1) is 19.5. The summed E-state index contributed by atoms with van der Waals surface area (Å²) in [5.74, 6) is -3.02. The summed E-state index contributed by atoms with van der Waals surface area (Å²) in [7, 11) is 0. The zero-order valence-electron chi connectivity index (χ0n) is 20.0. The lowest BCUT2D eigenvalue weighted by atomic mass is 9.80. The van der Waals surface area contributed by atoms with Crippen LogP contribution in [0.5, 0.6) is 0 Å². The molecule has 2 heterocycles. The van der Waals surface area contributed by atoms with Gasteiger partial charge in [-0.25, -0.2) is 8.78 Å². The van der Waals surface area contributed by atoms with Crippen molar-refractivity contribution in [1.29, 1.82) is 21.0 Å². The van der Waals surface area contributed by atoms with Crippen molar-refractivity contribution in [2.75, 3.05) is 0 Å². The van der Waals surface area contributed by atoms with Crippen molar-refractivity contribution in [2.24, 2.45) is 0 Å². The Morgan fingerprint density at radius 1 is 0.650 bits per heavy atom. The van der Waals surface area contributed by atoms with Gasteiger partial charge in [-0.2, -0.15) is 30.7 Å². The number of aromatic nitrogens is 2. The van der Waals surface area contributed by atoms with Crippen LogP contribution in [-0.2, 0) is 0 Å². The van der Waals surface area contributed by atoms with Gasteiger partial charge in [-0.1, -0.05) is 12.1 Å². The minimum Gasteiger partial charge on any atom is -0.256 e. The second-order valence-electron chi connectivity index (χ2n) is 8.18. The molecule has 0 fully saturated rings. The Hall–Kier alpha value is -6.72. The molecule has 10 heteroatoms. The zero-order valence-corrected chi connectivity index (χ0v) is 20.0. The van der Waals surface area contributed by atoms with Crippen LogP contribution in [0.25, 0.3) is 54.5 Å². The molecule has 0 atom stereocenters. The van der Waals surface area contributed by atoms with Gasteiger partial charge in [0.15, 0.2) is 5.83 Å². The van der Waals surface area contributed by atoms with Gasteiger partial charge in [0.2, 0.25) is 0 Å². The first-order valence-electron chi connectivity index (χ1n) is 11.2. The third-order valence-electron chi connectivity index (χ3n) is 6.35. The standard InChI is InChI=1S/C30H8F2N8/c1-37-30(38-2)27-26-22(17(14-36)29(27)32)23(18-7-3-5-9-39-18)25-20(15(11-33)12-34)28(31)16(13-35)21(25)24(26)19-8-4-6-10-40-19/h3-10H. The number of nitriles is 4. The van der Waals surface area contributed by atoms with E-state index in [1.54, 1.807) is 48.5 Å². The Balaban J connectivity index is 2.23. The van der Waals surface area contributed by atoms with Gasteiger partial charge in [0, 0.05) is 51.3 Å². The van der Waals surface area contributed by atoms with Gasteiger partial charge in [0.1, 0.15) is 54.4 Å². The topological polar surface area (TPSA) is 130 Å². The SMILES string of the molecule is [C-]#[N+]C([N+]#[C-])=C1C(F)=C(C#N)c2c1c(-c1ccccn1)c1c(c2-c2ccccn2)C(=C(C#N)C#N)C(F)=C1C#N. The van der Waals surface area contributed by atoms with E-state index in [4.69, 9.17) is 13.1 Å². The predicted octanol–water partition coefficient (Wildman–Crippen LogP) is 6.55. The van der Waals surface area contributed by atoms with E-state index in [0.29, 0.717) is 0 Å². The van der Waals surface area contributed by atoms with Crippen molar-refractivity contribution in [2.45, 2.75) is 0 Å². The minimum absolute atomic E-state index is 0.0394. The Morgan fingerprint density at radius 3 is 1.48 bits per heavy atom. The summed E-state index contributed by atoms with van der Waals surface area (Å²) in [6.45, 7) is 15.0.